The van der Waals surface area contributed by atoms with Gasteiger partial charge in [0.2, 0.25) is 12.2 Å². The van der Waals surface area contributed by atoms with Crippen molar-refractivity contribution in [2.75, 3.05) is 4.90 Å². The minimum Gasteiger partial charge on any atom is -0.444 e. The lowest BCUT2D eigenvalue weighted by atomic mass is 10.0. The number of alkyl carbamates (subject to hydrolysis) is 1. The molecule has 8 nitrogen and oxygen atoms in total. The molecule has 0 aliphatic rings. The summed E-state index contributed by atoms with van der Waals surface area (Å²) < 4.78 is 5.27. The molecule has 3 rings (SSSR count). The van der Waals surface area contributed by atoms with Crippen LogP contribution < -0.4 is 10.2 Å². The van der Waals surface area contributed by atoms with Gasteiger partial charge in [0.15, 0.2) is 0 Å². The molecular weight excluding hydrogens is 408 g/mol. The first kappa shape index (κ1) is 23.0. The predicted molar refractivity (Wildman–Crippen MR) is 122 cm³/mol. The number of carbonyl (C=O) groups is 2. The summed E-state index contributed by atoms with van der Waals surface area (Å²) in [5, 5.41) is 4.29. The highest BCUT2D eigenvalue weighted by molar-refractivity contribution is 6.08. The van der Waals surface area contributed by atoms with Crippen molar-refractivity contribution in [1.82, 2.24) is 15.3 Å². The van der Waals surface area contributed by atoms with Crippen LogP contribution in [0.1, 0.15) is 33.4 Å². The number of fused-ring (bicyclic) bond motifs is 1. The van der Waals surface area contributed by atoms with Gasteiger partial charge in [-0.05, 0) is 39.1 Å². The fraction of sp³-hybridized carbons (Fsp3) is 0.333. The van der Waals surface area contributed by atoms with Gasteiger partial charge in [0.05, 0.1) is 17.7 Å². The third-order valence-electron chi connectivity index (χ3n) is 4.77. The van der Waals surface area contributed by atoms with Crippen molar-refractivity contribution in [3.8, 4) is 0 Å². The zero-order valence-corrected chi connectivity index (χ0v) is 18.6. The van der Waals surface area contributed by atoms with E-state index in [1.54, 1.807) is 40.0 Å². The standard InChI is InChI=1S/C24H27N4O4/c1-16(27-23(31)32-24(2,3)4)22(30)28(19(14-29)12-18-13-25-15-26-18)21-11-7-9-17-8-5-6-10-20(17)21/h5-11,13,15-16,19H,12H2,1-4H3,(H,25,26)(H,27,31)/t16-,19-/m0/s1. The second-order valence-corrected chi connectivity index (χ2v) is 8.47. The Labute approximate surface area is 187 Å². The third kappa shape index (κ3) is 5.51. The molecule has 1 radical (unpaired) electrons. The van der Waals surface area contributed by atoms with E-state index in [0.29, 0.717) is 11.4 Å². The van der Waals surface area contributed by atoms with E-state index in [4.69, 9.17) is 4.74 Å². The summed E-state index contributed by atoms with van der Waals surface area (Å²) >= 11 is 0. The fourth-order valence-electron chi connectivity index (χ4n) is 3.40. The van der Waals surface area contributed by atoms with Gasteiger partial charge in [-0.3, -0.25) is 14.5 Å². The molecule has 2 N–H and O–H groups in total. The van der Waals surface area contributed by atoms with E-state index in [-0.39, 0.29) is 6.42 Å². The number of hydrogen-bond acceptors (Lipinski definition) is 5. The van der Waals surface area contributed by atoms with Crippen LogP contribution in [0.15, 0.2) is 55.0 Å². The highest BCUT2D eigenvalue weighted by Gasteiger charge is 2.32. The van der Waals surface area contributed by atoms with Crippen molar-refractivity contribution < 1.29 is 19.1 Å². The van der Waals surface area contributed by atoms with Crippen molar-refractivity contribution in [1.29, 1.82) is 0 Å². The molecule has 32 heavy (non-hydrogen) atoms. The first-order valence-electron chi connectivity index (χ1n) is 10.4. The van der Waals surface area contributed by atoms with Crippen LogP contribution in [-0.2, 0) is 20.7 Å². The maximum Gasteiger partial charge on any atom is 0.408 e. The third-order valence-corrected chi connectivity index (χ3v) is 4.77. The lowest BCUT2D eigenvalue weighted by molar-refractivity contribution is -0.120. The average molecular weight is 436 g/mol. The maximum atomic E-state index is 13.6. The second kappa shape index (κ2) is 9.64. The molecule has 0 aliphatic heterocycles. The van der Waals surface area contributed by atoms with Gasteiger partial charge in [-0.25, -0.2) is 9.78 Å². The minimum absolute atomic E-state index is 0.168. The van der Waals surface area contributed by atoms with Gasteiger partial charge in [-0.2, -0.15) is 0 Å². The monoisotopic (exact) mass is 435 g/mol. The van der Waals surface area contributed by atoms with Gasteiger partial charge in [0.1, 0.15) is 17.7 Å². The Balaban J connectivity index is 1.98. The first-order valence-corrected chi connectivity index (χ1v) is 10.4. The number of ether oxygens (including phenoxy) is 1. The Morgan fingerprint density at radius 2 is 1.91 bits per heavy atom. The largest absolute Gasteiger partial charge is 0.444 e. The van der Waals surface area contributed by atoms with Crippen molar-refractivity contribution in [2.24, 2.45) is 0 Å². The van der Waals surface area contributed by atoms with Crippen molar-refractivity contribution in [3.05, 3.63) is 60.7 Å². The van der Waals surface area contributed by atoms with Crippen LogP contribution in [0.3, 0.4) is 0 Å². The van der Waals surface area contributed by atoms with Crippen LogP contribution >= 0.6 is 0 Å². The number of amides is 2. The molecule has 3 aromatic rings. The topological polar surface area (TPSA) is 104 Å². The number of hydrogen-bond donors (Lipinski definition) is 2. The number of carbonyl (C=O) groups excluding carboxylic acids is 3. The van der Waals surface area contributed by atoms with Crippen molar-refractivity contribution in [2.45, 2.75) is 51.8 Å². The maximum absolute atomic E-state index is 13.6. The van der Waals surface area contributed by atoms with Crippen LogP contribution in [0.5, 0.6) is 0 Å². The molecule has 0 saturated carbocycles. The quantitative estimate of drug-likeness (QED) is 0.591. The smallest absolute Gasteiger partial charge is 0.408 e. The van der Waals surface area contributed by atoms with E-state index in [0.717, 1.165) is 10.8 Å². The Morgan fingerprint density at radius 1 is 1.19 bits per heavy atom. The Kier molecular flexibility index (Phi) is 6.92. The van der Waals surface area contributed by atoms with Gasteiger partial charge >= 0.3 is 6.09 Å². The molecule has 0 bridgehead atoms. The number of anilines is 1. The van der Waals surface area contributed by atoms with E-state index in [9.17, 15) is 14.4 Å². The number of nitrogens with one attached hydrogen (secondary N) is 2. The normalized spacial score (nSPS) is 13.2. The summed E-state index contributed by atoms with van der Waals surface area (Å²) in [6.45, 7) is 6.77. The minimum atomic E-state index is -0.946. The highest BCUT2D eigenvalue weighted by Crippen LogP contribution is 2.29. The molecule has 167 valence electrons. The number of aromatic amines is 1. The van der Waals surface area contributed by atoms with Crippen LogP contribution in [0, 0.1) is 0 Å². The molecule has 2 amide bonds. The number of benzene rings is 2. The van der Waals surface area contributed by atoms with Gasteiger partial charge in [-0.15, -0.1) is 0 Å². The molecule has 2 aromatic carbocycles. The lowest BCUT2D eigenvalue weighted by Gasteiger charge is -2.31. The predicted octanol–water partition coefficient (Wildman–Crippen LogP) is 3.53. The SMILES string of the molecule is C[C@H](NC(=O)OC(C)(C)C)C(=O)N(c1cccc2ccccc12)[C@H]([C]=O)Cc1c[nH]cn1. The molecule has 0 spiro atoms. The number of imidazole rings is 1. The number of aromatic nitrogens is 2. The van der Waals surface area contributed by atoms with E-state index in [1.165, 1.54) is 11.2 Å². The molecule has 8 heteroatoms. The summed E-state index contributed by atoms with van der Waals surface area (Å²) in [5.74, 6) is -0.462. The molecule has 2 atom stereocenters. The Hall–Kier alpha value is -3.68. The first-order chi connectivity index (χ1) is 15.2. The zero-order valence-electron chi connectivity index (χ0n) is 18.6. The van der Waals surface area contributed by atoms with Crippen LogP contribution in [0.4, 0.5) is 10.5 Å². The molecule has 1 heterocycles. The number of H-pyrrole nitrogens is 1. The van der Waals surface area contributed by atoms with Crippen molar-refractivity contribution in [3.63, 3.8) is 0 Å². The second-order valence-electron chi connectivity index (χ2n) is 8.47. The van der Waals surface area contributed by atoms with E-state index in [2.05, 4.69) is 15.3 Å². The van der Waals surface area contributed by atoms with Gasteiger partial charge in [0, 0.05) is 18.0 Å². The van der Waals surface area contributed by atoms with Crippen LogP contribution in [-0.4, -0.2) is 45.9 Å². The van der Waals surface area contributed by atoms with E-state index in [1.807, 2.05) is 42.7 Å². The Bertz CT molecular complexity index is 1080. The summed E-state index contributed by atoms with van der Waals surface area (Å²) in [4.78, 5) is 46.3. The van der Waals surface area contributed by atoms with Crippen LogP contribution in [0.2, 0.25) is 0 Å². The van der Waals surface area contributed by atoms with Crippen molar-refractivity contribution >= 4 is 34.7 Å². The van der Waals surface area contributed by atoms with E-state index >= 15 is 0 Å². The molecule has 0 fully saturated rings. The van der Waals surface area contributed by atoms with Gasteiger partial charge in [0.25, 0.3) is 0 Å². The molecule has 0 saturated heterocycles. The molecule has 0 unspecified atom stereocenters. The van der Waals surface area contributed by atoms with Crippen LogP contribution in [0.25, 0.3) is 10.8 Å². The fourth-order valence-corrected chi connectivity index (χ4v) is 3.40. The molecule has 0 aliphatic carbocycles. The molecule has 1 aromatic heterocycles. The average Bonchev–Trinajstić information content (AvgIpc) is 3.25. The van der Waals surface area contributed by atoms with Gasteiger partial charge in [-0.1, -0.05) is 36.4 Å². The lowest BCUT2D eigenvalue weighted by Crippen LogP contribution is -2.52. The van der Waals surface area contributed by atoms with E-state index < -0.39 is 29.7 Å². The molecular formula is C24H27N4O4. The summed E-state index contributed by atoms with van der Waals surface area (Å²) in [5.41, 5.74) is 0.459. The van der Waals surface area contributed by atoms with Gasteiger partial charge < -0.3 is 15.0 Å². The number of rotatable bonds is 7. The number of nitrogens with zero attached hydrogens (tertiary/aromatic N) is 2. The zero-order chi connectivity index (χ0) is 23.3. The Morgan fingerprint density at radius 3 is 2.56 bits per heavy atom. The summed E-state index contributed by atoms with van der Waals surface area (Å²) in [7, 11) is 0. The summed E-state index contributed by atoms with van der Waals surface area (Å²) in [6, 6.07) is 11.2. The highest BCUT2D eigenvalue weighted by atomic mass is 16.6. The summed E-state index contributed by atoms with van der Waals surface area (Å²) in [6.07, 6.45) is 4.62.